The number of amides is 1. The highest BCUT2D eigenvalue weighted by Crippen LogP contribution is 2.27. The maximum absolute atomic E-state index is 12.3. The Morgan fingerprint density at radius 3 is 2.55 bits per heavy atom. The van der Waals surface area contributed by atoms with Gasteiger partial charge in [-0.1, -0.05) is 17.8 Å². The normalized spacial score (nSPS) is 10.6. The van der Waals surface area contributed by atoms with Crippen LogP contribution in [0.1, 0.15) is 12.5 Å². The van der Waals surface area contributed by atoms with Gasteiger partial charge in [-0.15, -0.1) is 10.2 Å². The van der Waals surface area contributed by atoms with E-state index in [0.717, 1.165) is 17.0 Å². The highest BCUT2D eigenvalue weighted by atomic mass is 32.2. The fourth-order valence-corrected chi connectivity index (χ4v) is 3.60. The number of benzene rings is 1. The van der Waals surface area contributed by atoms with Crippen LogP contribution in [0, 0.1) is 0 Å². The topological polar surface area (TPSA) is 91.2 Å². The maximum Gasteiger partial charge on any atom is 0.230 e. The van der Waals surface area contributed by atoms with Crippen LogP contribution in [0.15, 0.2) is 47.9 Å². The predicted molar refractivity (Wildman–Crippen MR) is 111 cm³/mol. The van der Waals surface area contributed by atoms with Crippen molar-refractivity contribution >= 4 is 17.7 Å². The van der Waals surface area contributed by atoms with Crippen molar-refractivity contribution in [3.63, 3.8) is 0 Å². The molecule has 8 nitrogen and oxygen atoms in total. The van der Waals surface area contributed by atoms with Crippen LogP contribution < -0.4 is 14.8 Å². The lowest BCUT2D eigenvalue weighted by Gasteiger charge is -2.10. The molecule has 0 saturated heterocycles. The summed E-state index contributed by atoms with van der Waals surface area (Å²) in [4.78, 5) is 16.3. The minimum Gasteiger partial charge on any atom is -0.493 e. The lowest BCUT2D eigenvalue weighted by atomic mass is 10.2. The van der Waals surface area contributed by atoms with E-state index in [1.54, 1.807) is 26.6 Å². The second-order valence-electron chi connectivity index (χ2n) is 6.04. The summed E-state index contributed by atoms with van der Waals surface area (Å²) < 4.78 is 12.5. The molecule has 3 rings (SSSR count). The molecule has 0 saturated carbocycles. The van der Waals surface area contributed by atoms with E-state index < -0.39 is 0 Å². The van der Waals surface area contributed by atoms with Gasteiger partial charge in [0.05, 0.1) is 20.0 Å². The van der Waals surface area contributed by atoms with Gasteiger partial charge in [0.25, 0.3) is 0 Å². The molecule has 0 unspecified atom stereocenters. The van der Waals surface area contributed by atoms with Gasteiger partial charge in [-0.25, -0.2) is 0 Å². The highest BCUT2D eigenvalue weighted by Gasteiger charge is 2.14. The van der Waals surface area contributed by atoms with E-state index in [1.807, 2.05) is 41.8 Å². The number of hydrogen-bond acceptors (Lipinski definition) is 7. The number of carbonyl (C=O) groups excluding carboxylic acids is 1. The summed E-state index contributed by atoms with van der Waals surface area (Å²) in [7, 11) is 3.17. The van der Waals surface area contributed by atoms with Crippen LogP contribution in [0.3, 0.4) is 0 Å². The Balaban J connectivity index is 1.58. The third-order valence-electron chi connectivity index (χ3n) is 4.24. The van der Waals surface area contributed by atoms with Crippen molar-refractivity contribution in [1.82, 2.24) is 25.1 Å². The van der Waals surface area contributed by atoms with Gasteiger partial charge >= 0.3 is 0 Å². The molecular weight excluding hydrogens is 390 g/mol. The van der Waals surface area contributed by atoms with Crippen LogP contribution >= 0.6 is 11.8 Å². The first-order valence-electron chi connectivity index (χ1n) is 9.10. The third kappa shape index (κ3) is 5.05. The summed E-state index contributed by atoms with van der Waals surface area (Å²) in [5, 5.41) is 12.1. The average Bonchev–Trinajstić information content (AvgIpc) is 3.19. The summed E-state index contributed by atoms with van der Waals surface area (Å²) in [6.07, 6.45) is 3.44. The zero-order valence-electron chi connectivity index (χ0n) is 16.6. The molecule has 2 heterocycles. The third-order valence-corrected chi connectivity index (χ3v) is 5.21. The molecular formula is C20H23N5O3S. The van der Waals surface area contributed by atoms with Gasteiger partial charge in [-0.3, -0.25) is 9.78 Å². The molecule has 0 aliphatic rings. The van der Waals surface area contributed by atoms with E-state index in [-0.39, 0.29) is 11.7 Å². The van der Waals surface area contributed by atoms with Crippen LogP contribution in [0.2, 0.25) is 0 Å². The predicted octanol–water partition coefficient (Wildman–Crippen LogP) is 2.79. The van der Waals surface area contributed by atoms with E-state index in [2.05, 4.69) is 20.5 Å². The zero-order chi connectivity index (χ0) is 20.6. The Kier molecular flexibility index (Phi) is 7.07. The lowest BCUT2D eigenvalue weighted by molar-refractivity contribution is -0.118. The van der Waals surface area contributed by atoms with Crippen molar-refractivity contribution in [2.24, 2.45) is 0 Å². The van der Waals surface area contributed by atoms with Crippen molar-refractivity contribution in [3.8, 4) is 22.9 Å². The monoisotopic (exact) mass is 413 g/mol. The van der Waals surface area contributed by atoms with Crippen LogP contribution in [0.5, 0.6) is 11.5 Å². The molecule has 0 bridgehead atoms. The van der Waals surface area contributed by atoms with E-state index in [1.165, 1.54) is 11.8 Å². The Labute approximate surface area is 173 Å². The van der Waals surface area contributed by atoms with Gasteiger partial charge < -0.3 is 19.4 Å². The first-order chi connectivity index (χ1) is 14.2. The minimum atomic E-state index is -0.0825. The molecule has 152 valence electrons. The number of aromatic nitrogens is 4. The number of nitrogens with one attached hydrogen (secondary N) is 1. The molecule has 0 atom stereocenters. The van der Waals surface area contributed by atoms with Crippen molar-refractivity contribution in [2.75, 3.05) is 20.0 Å². The number of carbonyl (C=O) groups is 1. The molecule has 0 spiro atoms. The molecule has 3 aromatic rings. The smallest absolute Gasteiger partial charge is 0.230 e. The fraction of sp³-hybridized carbons (Fsp3) is 0.300. The van der Waals surface area contributed by atoms with E-state index in [0.29, 0.717) is 29.7 Å². The van der Waals surface area contributed by atoms with E-state index >= 15 is 0 Å². The molecule has 1 N–H and O–H groups in total. The van der Waals surface area contributed by atoms with Crippen LogP contribution in [0.25, 0.3) is 11.4 Å². The Bertz CT molecular complexity index is 962. The second-order valence-corrected chi connectivity index (χ2v) is 6.98. The Morgan fingerprint density at radius 2 is 1.86 bits per heavy atom. The molecule has 9 heteroatoms. The van der Waals surface area contributed by atoms with Crippen molar-refractivity contribution in [1.29, 1.82) is 0 Å². The molecule has 29 heavy (non-hydrogen) atoms. The fourth-order valence-electron chi connectivity index (χ4n) is 2.77. The van der Waals surface area contributed by atoms with Gasteiger partial charge in [-0.05, 0) is 36.8 Å². The van der Waals surface area contributed by atoms with Gasteiger partial charge in [0.2, 0.25) is 5.91 Å². The number of methoxy groups -OCH3 is 2. The largest absolute Gasteiger partial charge is 0.493 e. The molecule has 0 aliphatic carbocycles. The number of nitrogens with zero attached hydrogens (tertiary/aromatic N) is 4. The molecule has 1 aromatic carbocycles. The molecule has 0 fully saturated rings. The quantitative estimate of drug-likeness (QED) is 0.539. The molecule has 0 aliphatic heterocycles. The molecule has 1 amide bonds. The SMILES string of the molecule is CCn1c(SCC(=O)NCc2ccc(OC)c(OC)c2)nnc1-c1ccncc1. The lowest BCUT2D eigenvalue weighted by Crippen LogP contribution is -2.24. The standard InChI is InChI=1S/C20H23N5O3S/c1-4-25-19(15-7-9-21-10-8-15)23-24-20(25)29-13-18(26)22-12-14-5-6-16(27-2)17(11-14)28-3/h5-11H,4,12-13H2,1-3H3,(H,22,26). The zero-order valence-corrected chi connectivity index (χ0v) is 17.4. The molecule has 2 aromatic heterocycles. The Morgan fingerprint density at radius 1 is 1.10 bits per heavy atom. The van der Waals surface area contributed by atoms with Gasteiger partial charge in [0.15, 0.2) is 22.5 Å². The number of ether oxygens (including phenoxy) is 2. The summed E-state index contributed by atoms with van der Waals surface area (Å²) in [5.41, 5.74) is 1.87. The van der Waals surface area contributed by atoms with Crippen molar-refractivity contribution < 1.29 is 14.3 Å². The first-order valence-corrected chi connectivity index (χ1v) is 10.1. The average molecular weight is 414 g/mol. The maximum atomic E-state index is 12.3. The van der Waals surface area contributed by atoms with Gasteiger partial charge in [0, 0.05) is 31.0 Å². The Hall–Kier alpha value is -3.07. The van der Waals surface area contributed by atoms with Gasteiger partial charge in [0.1, 0.15) is 0 Å². The van der Waals surface area contributed by atoms with Crippen LogP contribution in [-0.2, 0) is 17.9 Å². The summed E-state index contributed by atoms with van der Waals surface area (Å²) in [5.74, 6) is 2.22. The first kappa shape index (κ1) is 20.7. The summed E-state index contributed by atoms with van der Waals surface area (Å²) in [6.45, 7) is 3.14. The highest BCUT2D eigenvalue weighted by molar-refractivity contribution is 7.99. The van der Waals surface area contributed by atoms with E-state index in [4.69, 9.17) is 9.47 Å². The number of hydrogen-bond donors (Lipinski definition) is 1. The number of thioether (sulfide) groups is 1. The van der Waals surface area contributed by atoms with Gasteiger partial charge in [-0.2, -0.15) is 0 Å². The number of rotatable bonds is 9. The van der Waals surface area contributed by atoms with Crippen molar-refractivity contribution in [2.45, 2.75) is 25.2 Å². The number of pyridine rings is 1. The summed E-state index contributed by atoms with van der Waals surface area (Å²) >= 11 is 1.36. The minimum absolute atomic E-state index is 0.0825. The van der Waals surface area contributed by atoms with Crippen LogP contribution in [-0.4, -0.2) is 45.6 Å². The summed E-state index contributed by atoms with van der Waals surface area (Å²) in [6, 6.07) is 9.34. The van der Waals surface area contributed by atoms with Crippen molar-refractivity contribution in [3.05, 3.63) is 48.3 Å². The van der Waals surface area contributed by atoms with E-state index in [9.17, 15) is 4.79 Å². The van der Waals surface area contributed by atoms with Crippen LogP contribution in [0.4, 0.5) is 0 Å². The molecule has 0 radical (unpaired) electrons. The second kappa shape index (κ2) is 9.92.